The van der Waals surface area contributed by atoms with Crippen LogP contribution < -0.4 is 15.7 Å². The number of thioether (sulfide) groups is 1. The van der Waals surface area contributed by atoms with Crippen molar-refractivity contribution in [2.24, 2.45) is 0 Å². The number of fused-ring (bicyclic) bond motifs is 1. The summed E-state index contributed by atoms with van der Waals surface area (Å²) < 4.78 is 7.46. The molecule has 30 heavy (non-hydrogen) atoms. The number of hydrogen-bond acceptors (Lipinski definition) is 6. The second-order valence-electron chi connectivity index (χ2n) is 7.16. The number of nitrogens with zero attached hydrogens (tertiary/aromatic N) is 4. The topological polar surface area (TPSA) is 90.5 Å². The Bertz CT molecular complexity index is 1120. The van der Waals surface area contributed by atoms with Crippen molar-refractivity contribution >= 4 is 40.6 Å². The van der Waals surface area contributed by atoms with Crippen LogP contribution in [-0.4, -0.2) is 37.7 Å². The maximum absolute atomic E-state index is 12.7. The Labute approximate surface area is 182 Å². The Morgan fingerprint density at radius 2 is 2.03 bits per heavy atom. The van der Waals surface area contributed by atoms with Gasteiger partial charge in [-0.05, 0) is 43.2 Å². The first kappa shape index (κ1) is 20.7. The molecule has 1 aliphatic carbocycles. The highest BCUT2D eigenvalue weighted by Crippen LogP contribution is 2.32. The second-order valence-corrected chi connectivity index (χ2v) is 8.89. The van der Waals surface area contributed by atoms with E-state index in [-0.39, 0.29) is 6.54 Å². The molecule has 0 saturated heterocycles. The first-order valence-electron chi connectivity index (χ1n) is 9.80. The SMILES string of the molecule is COc1ccc(NC(=O)Cn2nc3ccc(SC4CCCCC4)nn3c2=O)cc1Cl. The first-order valence-corrected chi connectivity index (χ1v) is 11.1. The molecule has 0 radical (unpaired) electrons. The highest BCUT2D eigenvalue weighted by molar-refractivity contribution is 7.99. The van der Waals surface area contributed by atoms with Gasteiger partial charge in [-0.15, -0.1) is 16.9 Å². The molecule has 158 valence electrons. The van der Waals surface area contributed by atoms with Gasteiger partial charge in [-0.1, -0.05) is 30.9 Å². The predicted octanol–water partition coefficient (Wildman–Crippen LogP) is 3.62. The molecular formula is C20H22ClN5O3S. The number of aromatic nitrogens is 4. The predicted molar refractivity (Wildman–Crippen MR) is 117 cm³/mol. The molecule has 0 bridgehead atoms. The third-order valence-electron chi connectivity index (χ3n) is 4.98. The highest BCUT2D eigenvalue weighted by atomic mass is 35.5. The average molecular weight is 448 g/mol. The standard InChI is InChI=1S/C20H22ClN5O3S/c1-29-16-8-7-13(11-15(16)21)22-18(27)12-25-20(28)26-17(23-25)9-10-19(24-26)30-14-5-3-2-4-6-14/h7-11,14H,2-6,12H2,1H3,(H,22,27). The normalized spacial score (nSPS) is 14.7. The van der Waals surface area contributed by atoms with Gasteiger partial charge in [-0.3, -0.25) is 4.79 Å². The molecule has 1 aromatic carbocycles. The van der Waals surface area contributed by atoms with E-state index in [0.717, 1.165) is 9.71 Å². The molecule has 0 atom stereocenters. The molecule has 2 aromatic heterocycles. The van der Waals surface area contributed by atoms with Gasteiger partial charge in [0, 0.05) is 10.9 Å². The maximum Gasteiger partial charge on any atom is 0.367 e. The van der Waals surface area contributed by atoms with Gasteiger partial charge >= 0.3 is 5.69 Å². The van der Waals surface area contributed by atoms with Crippen LogP contribution in [0.1, 0.15) is 32.1 Å². The van der Waals surface area contributed by atoms with Gasteiger partial charge in [0.25, 0.3) is 0 Å². The molecule has 10 heteroatoms. The molecule has 1 amide bonds. The van der Waals surface area contributed by atoms with E-state index in [1.165, 1.54) is 43.7 Å². The highest BCUT2D eigenvalue weighted by Gasteiger charge is 2.17. The van der Waals surface area contributed by atoms with E-state index < -0.39 is 11.6 Å². The Kier molecular flexibility index (Phi) is 6.29. The van der Waals surface area contributed by atoms with Crippen molar-refractivity contribution in [1.29, 1.82) is 0 Å². The van der Waals surface area contributed by atoms with Gasteiger partial charge < -0.3 is 10.1 Å². The smallest absolute Gasteiger partial charge is 0.367 e. The van der Waals surface area contributed by atoms with Crippen LogP contribution in [0.5, 0.6) is 5.75 Å². The lowest BCUT2D eigenvalue weighted by Crippen LogP contribution is -2.28. The summed E-state index contributed by atoms with van der Waals surface area (Å²) in [6.07, 6.45) is 6.13. The number of benzene rings is 1. The molecule has 1 N–H and O–H groups in total. The van der Waals surface area contributed by atoms with E-state index in [4.69, 9.17) is 16.3 Å². The van der Waals surface area contributed by atoms with Crippen LogP contribution in [0, 0.1) is 0 Å². The van der Waals surface area contributed by atoms with E-state index in [1.807, 2.05) is 6.07 Å². The molecule has 2 heterocycles. The molecule has 8 nitrogen and oxygen atoms in total. The van der Waals surface area contributed by atoms with Gasteiger partial charge in [-0.2, -0.15) is 9.61 Å². The van der Waals surface area contributed by atoms with Crippen molar-refractivity contribution in [1.82, 2.24) is 19.4 Å². The number of halogens is 1. The molecule has 0 unspecified atom stereocenters. The minimum Gasteiger partial charge on any atom is -0.495 e. The van der Waals surface area contributed by atoms with Crippen molar-refractivity contribution in [2.45, 2.75) is 48.9 Å². The summed E-state index contributed by atoms with van der Waals surface area (Å²) in [6.45, 7) is -0.225. The van der Waals surface area contributed by atoms with Crippen molar-refractivity contribution in [3.63, 3.8) is 0 Å². The van der Waals surface area contributed by atoms with Crippen molar-refractivity contribution < 1.29 is 9.53 Å². The number of methoxy groups -OCH3 is 1. The lowest BCUT2D eigenvalue weighted by molar-refractivity contribution is -0.117. The van der Waals surface area contributed by atoms with Gasteiger partial charge in [0.2, 0.25) is 5.91 Å². The van der Waals surface area contributed by atoms with Crippen molar-refractivity contribution in [3.05, 3.63) is 45.8 Å². The summed E-state index contributed by atoms with van der Waals surface area (Å²) in [7, 11) is 1.52. The van der Waals surface area contributed by atoms with Crippen LogP contribution >= 0.6 is 23.4 Å². The summed E-state index contributed by atoms with van der Waals surface area (Å²) in [5.41, 5.74) is 0.471. The first-order chi connectivity index (χ1) is 14.5. The van der Waals surface area contributed by atoms with E-state index in [0.29, 0.717) is 27.4 Å². The van der Waals surface area contributed by atoms with Gasteiger partial charge in [0.15, 0.2) is 5.65 Å². The zero-order valence-corrected chi connectivity index (χ0v) is 18.1. The molecule has 4 rings (SSSR count). The van der Waals surface area contributed by atoms with Crippen molar-refractivity contribution in [2.75, 3.05) is 12.4 Å². The molecule has 1 fully saturated rings. The zero-order chi connectivity index (χ0) is 21.1. The quantitative estimate of drug-likeness (QED) is 0.620. The fourth-order valence-corrected chi connectivity index (χ4v) is 4.94. The number of hydrogen-bond donors (Lipinski definition) is 1. The van der Waals surface area contributed by atoms with Gasteiger partial charge in [-0.25, -0.2) is 9.48 Å². The van der Waals surface area contributed by atoms with Crippen LogP contribution in [0.2, 0.25) is 5.02 Å². The molecule has 0 aliphatic heterocycles. The Morgan fingerprint density at radius 3 is 2.77 bits per heavy atom. The lowest BCUT2D eigenvalue weighted by Gasteiger charge is -2.20. The number of amides is 1. The van der Waals surface area contributed by atoms with Crippen molar-refractivity contribution in [3.8, 4) is 5.75 Å². The Balaban J connectivity index is 1.47. The van der Waals surface area contributed by atoms with Crippen LogP contribution in [-0.2, 0) is 11.3 Å². The lowest BCUT2D eigenvalue weighted by atomic mass is 10.0. The third-order valence-corrected chi connectivity index (χ3v) is 6.54. The minimum absolute atomic E-state index is 0.225. The van der Waals surface area contributed by atoms with Crippen LogP contribution in [0.3, 0.4) is 0 Å². The number of carbonyl (C=O) groups excluding carboxylic acids is 1. The Hall–Kier alpha value is -2.52. The molecule has 0 spiro atoms. The van der Waals surface area contributed by atoms with E-state index in [9.17, 15) is 9.59 Å². The number of ether oxygens (including phenoxy) is 1. The third kappa shape index (κ3) is 4.62. The maximum atomic E-state index is 12.7. The van der Waals surface area contributed by atoms with Crippen LogP contribution in [0.15, 0.2) is 40.2 Å². The van der Waals surface area contributed by atoms with Crippen LogP contribution in [0.4, 0.5) is 5.69 Å². The van der Waals surface area contributed by atoms with E-state index >= 15 is 0 Å². The average Bonchev–Trinajstić information content (AvgIpc) is 3.04. The van der Waals surface area contributed by atoms with E-state index in [2.05, 4.69) is 15.5 Å². The second kappa shape index (κ2) is 9.09. The Morgan fingerprint density at radius 1 is 1.23 bits per heavy atom. The summed E-state index contributed by atoms with van der Waals surface area (Å²) in [5, 5.41) is 13.1. The summed E-state index contributed by atoms with van der Waals surface area (Å²) in [4.78, 5) is 25.1. The number of carbonyl (C=O) groups is 1. The number of rotatable bonds is 6. The fourth-order valence-electron chi connectivity index (χ4n) is 3.49. The molecule has 1 saturated carbocycles. The monoisotopic (exact) mass is 447 g/mol. The largest absolute Gasteiger partial charge is 0.495 e. The molecule has 1 aliphatic rings. The van der Waals surface area contributed by atoms with E-state index in [1.54, 1.807) is 36.0 Å². The zero-order valence-electron chi connectivity index (χ0n) is 16.5. The van der Waals surface area contributed by atoms with Gasteiger partial charge in [0.1, 0.15) is 17.3 Å². The number of anilines is 1. The summed E-state index contributed by atoms with van der Waals surface area (Å²) in [6, 6.07) is 8.55. The van der Waals surface area contributed by atoms with Gasteiger partial charge in [0.05, 0.1) is 12.1 Å². The fraction of sp³-hybridized carbons (Fsp3) is 0.400. The summed E-state index contributed by atoms with van der Waals surface area (Å²) >= 11 is 7.79. The minimum atomic E-state index is -0.445. The molecular weight excluding hydrogens is 426 g/mol. The van der Waals surface area contributed by atoms with Crippen LogP contribution in [0.25, 0.3) is 5.65 Å². The molecule has 3 aromatic rings. The number of nitrogens with one attached hydrogen (secondary N) is 1. The summed E-state index contributed by atoms with van der Waals surface area (Å²) in [5.74, 6) is 0.123.